The minimum Gasteiger partial charge on any atom is -0.477 e. The van der Waals surface area contributed by atoms with Crippen molar-refractivity contribution in [2.45, 2.75) is 37.8 Å². The number of aryl methyl sites for hydroxylation is 1. The maximum atomic E-state index is 12.1. The number of hydrogen-bond acceptors (Lipinski definition) is 3. The minimum absolute atomic E-state index is 0.0392. The Bertz CT molecular complexity index is 575. The van der Waals surface area contributed by atoms with Crippen molar-refractivity contribution in [2.24, 2.45) is 0 Å². The highest BCUT2D eigenvalue weighted by Crippen LogP contribution is 2.15. The monoisotopic (exact) mass is 286 g/mol. The predicted molar refractivity (Wildman–Crippen MR) is 71.7 cm³/mol. The summed E-state index contributed by atoms with van der Waals surface area (Å²) in [6.45, 7) is 7.39. The number of hydrogen-bond donors (Lipinski definition) is 2. The average molecular weight is 286 g/mol. The van der Waals surface area contributed by atoms with Crippen LogP contribution in [0.2, 0.25) is 0 Å². The third kappa shape index (κ3) is 3.68. The number of carboxylic acids is 1. The van der Waals surface area contributed by atoms with Crippen LogP contribution in [0.5, 0.6) is 0 Å². The smallest absolute Gasteiger partial charge is 0.352 e. The van der Waals surface area contributed by atoms with Gasteiger partial charge in [0.05, 0.1) is 0 Å². The topological polar surface area (TPSA) is 88.4 Å². The largest absolute Gasteiger partial charge is 0.477 e. The molecule has 19 heavy (non-hydrogen) atoms. The molecule has 0 saturated carbocycles. The predicted octanol–water partition coefficient (Wildman–Crippen LogP) is 1.45. The quantitative estimate of drug-likeness (QED) is 0.742. The fraction of sp³-hybridized carbons (Fsp3) is 0.417. The Morgan fingerprint density at radius 3 is 2.68 bits per heavy atom. The van der Waals surface area contributed by atoms with Crippen LogP contribution in [-0.4, -0.2) is 30.1 Å². The van der Waals surface area contributed by atoms with Crippen molar-refractivity contribution >= 4 is 16.0 Å². The van der Waals surface area contributed by atoms with Crippen LogP contribution in [0.1, 0.15) is 30.8 Å². The Hall–Kier alpha value is -1.60. The van der Waals surface area contributed by atoms with Crippen LogP contribution in [-0.2, 0) is 16.6 Å². The van der Waals surface area contributed by atoms with Gasteiger partial charge in [0.25, 0.3) is 0 Å². The molecule has 1 atom stereocenters. The number of aromatic nitrogens is 1. The maximum absolute atomic E-state index is 12.1. The van der Waals surface area contributed by atoms with Gasteiger partial charge in [-0.25, -0.2) is 17.9 Å². The molecule has 0 saturated heterocycles. The second-order valence-corrected chi connectivity index (χ2v) is 5.91. The molecular formula is C12H18N2O4S. The molecule has 1 rings (SSSR count). The zero-order valence-electron chi connectivity index (χ0n) is 11.0. The van der Waals surface area contributed by atoms with E-state index in [0.29, 0.717) is 13.0 Å². The van der Waals surface area contributed by atoms with Crippen molar-refractivity contribution in [1.82, 2.24) is 9.29 Å². The molecule has 7 heteroatoms. The van der Waals surface area contributed by atoms with Gasteiger partial charge in [0.2, 0.25) is 10.0 Å². The molecule has 0 aromatic carbocycles. The fourth-order valence-corrected chi connectivity index (χ4v) is 3.00. The standard InChI is InChI=1S/C12H18N2O4S/c1-4-6-9(3)13-19(17,18)10-7-11(12(15)16)14(5-2)8-10/h4,7-9,13H,1,5-6H2,2-3H3,(H,15,16). The van der Waals surface area contributed by atoms with Crippen molar-refractivity contribution in [3.8, 4) is 0 Å². The van der Waals surface area contributed by atoms with Gasteiger partial charge in [-0.15, -0.1) is 6.58 Å². The van der Waals surface area contributed by atoms with Gasteiger partial charge in [0, 0.05) is 18.8 Å². The summed E-state index contributed by atoms with van der Waals surface area (Å²) >= 11 is 0. The lowest BCUT2D eigenvalue weighted by Gasteiger charge is -2.10. The molecule has 0 aliphatic heterocycles. The van der Waals surface area contributed by atoms with Crippen LogP contribution in [0.15, 0.2) is 29.8 Å². The molecular weight excluding hydrogens is 268 g/mol. The summed E-state index contributed by atoms with van der Waals surface area (Å²) in [7, 11) is -3.71. The second kappa shape index (κ2) is 6.03. The van der Waals surface area contributed by atoms with Gasteiger partial charge in [0.15, 0.2) is 0 Å². The van der Waals surface area contributed by atoms with Crippen LogP contribution in [0.3, 0.4) is 0 Å². The van der Waals surface area contributed by atoms with Crippen LogP contribution >= 0.6 is 0 Å². The lowest BCUT2D eigenvalue weighted by molar-refractivity contribution is 0.0685. The lowest BCUT2D eigenvalue weighted by atomic mass is 10.3. The molecule has 1 unspecified atom stereocenters. The highest BCUT2D eigenvalue weighted by atomic mass is 32.2. The third-order valence-electron chi connectivity index (χ3n) is 2.62. The Morgan fingerprint density at radius 2 is 2.26 bits per heavy atom. The summed E-state index contributed by atoms with van der Waals surface area (Å²) in [4.78, 5) is 11.0. The zero-order valence-corrected chi connectivity index (χ0v) is 11.8. The third-order valence-corrected chi connectivity index (χ3v) is 4.17. The van der Waals surface area contributed by atoms with Crippen LogP contribution < -0.4 is 4.72 Å². The first-order valence-electron chi connectivity index (χ1n) is 5.88. The van der Waals surface area contributed by atoms with E-state index in [1.165, 1.54) is 10.8 Å². The minimum atomic E-state index is -3.71. The van der Waals surface area contributed by atoms with Crippen molar-refractivity contribution in [1.29, 1.82) is 0 Å². The molecule has 106 valence electrons. The molecule has 1 heterocycles. The Kier molecular flexibility index (Phi) is 4.90. The number of sulfonamides is 1. The van der Waals surface area contributed by atoms with Crippen LogP contribution in [0, 0.1) is 0 Å². The van der Waals surface area contributed by atoms with E-state index in [0.717, 1.165) is 6.07 Å². The first-order chi connectivity index (χ1) is 8.81. The van der Waals surface area contributed by atoms with Crippen LogP contribution in [0.4, 0.5) is 0 Å². The van der Waals surface area contributed by atoms with Crippen molar-refractivity contribution in [2.75, 3.05) is 0 Å². The summed E-state index contributed by atoms with van der Waals surface area (Å²) in [6, 6.07) is 0.871. The maximum Gasteiger partial charge on any atom is 0.352 e. The molecule has 1 aromatic rings. The van der Waals surface area contributed by atoms with Crippen molar-refractivity contribution < 1.29 is 18.3 Å². The molecule has 0 aliphatic rings. The van der Waals surface area contributed by atoms with Crippen LogP contribution in [0.25, 0.3) is 0 Å². The van der Waals surface area contributed by atoms with E-state index < -0.39 is 16.0 Å². The van der Waals surface area contributed by atoms with Gasteiger partial charge in [0.1, 0.15) is 10.6 Å². The first kappa shape index (κ1) is 15.5. The number of rotatable bonds is 7. The normalized spacial score (nSPS) is 13.2. The van der Waals surface area contributed by atoms with Gasteiger partial charge >= 0.3 is 5.97 Å². The van der Waals surface area contributed by atoms with E-state index in [-0.39, 0.29) is 16.6 Å². The molecule has 0 aliphatic carbocycles. The molecule has 0 amide bonds. The van der Waals surface area contributed by atoms with Gasteiger partial charge in [-0.2, -0.15) is 0 Å². The van der Waals surface area contributed by atoms with E-state index in [2.05, 4.69) is 11.3 Å². The Balaban J connectivity index is 3.08. The molecule has 2 N–H and O–H groups in total. The number of nitrogens with zero attached hydrogens (tertiary/aromatic N) is 1. The fourth-order valence-electron chi connectivity index (χ4n) is 1.70. The summed E-state index contributed by atoms with van der Waals surface area (Å²) in [5.74, 6) is -1.15. The highest BCUT2D eigenvalue weighted by Gasteiger charge is 2.22. The lowest BCUT2D eigenvalue weighted by Crippen LogP contribution is -2.31. The van der Waals surface area contributed by atoms with Gasteiger partial charge in [-0.3, -0.25) is 0 Å². The molecule has 0 fully saturated rings. The van der Waals surface area contributed by atoms with Gasteiger partial charge < -0.3 is 9.67 Å². The van der Waals surface area contributed by atoms with E-state index >= 15 is 0 Å². The molecule has 1 aromatic heterocycles. The molecule has 6 nitrogen and oxygen atoms in total. The summed E-state index contributed by atoms with van der Waals surface area (Å²) in [5, 5.41) is 8.99. The Labute approximate surface area is 112 Å². The van der Waals surface area contributed by atoms with Crippen molar-refractivity contribution in [3.05, 3.63) is 30.6 Å². The number of aromatic carboxylic acids is 1. The molecule has 0 bridgehead atoms. The van der Waals surface area contributed by atoms with E-state index in [1.807, 2.05) is 0 Å². The van der Waals surface area contributed by atoms with Gasteiger partial charge in [-0.1, -0.05) is 6.08 Å². The average Bonchev–Trinajstić information content (AvgIpc) is 2.73. The molecule has 0 radical (unpaired) electrons. The summed E-state index contributed by atoms with van der Waals surface area (Å²) in [5.41, 5.74) is -0.0424. The van der Waals surface area contributed by atoms with E-state index in [9.17, 15) is 13.2 Å². The molecule has 0 spiro atoms. The number of carboxylic acid groups (broad SMARTS) is 1. The summed E-state index contributed by atoms with van der Waals surface area (Å²) in [6.07, 6.45) is 3.44. The van der Waals surface area contributed by atoms with Gasteiger partial charge in [-0.05, 0) is 26.3 Å². The SMILES string of the molecule is C=CCC(C)NS(=O)(=O)c1cc(C(=O)O)n(CC)c1. The van der Waals surface area contributed by atoms with E-state index in [1.54, 1.807) is 19.9 Å². The Morgan fingerprint density at radius 1 is 1.63 bits per heavy atom. The zero-order chi connectivity index (χ0) is 14.6. The number of nitrogens with one attached hydrogen (secondary N) is 1. The highest BCUT2D eigenvalue weighted by molar-refractivity contribution is 7.89. The second-order valence-electron chi connectivity index (χ2n) is 4.20. The first-order valence-corrected chi connectivity index (χ1v) is 7.36. The summed E-state index contributed by atoms with van der Waals surface area (Å²) < 4.78 is 28.0. The van der Waals surface area contributed by atoms with E-state index in [4.69, 9.17) is 5.11 Å². The van der Waals surface area contributed by atoms with Crippen molar-refractivity contribution in [3.63, 3.8) is 0 Å². The number of carbonyl (C=O) groups is 1.